The molecule has 0 spiro atoms. The number of likely N-dealkylation sites (tertiary alicyclic amines) is 1. The van der Waals surface area contributed by atoms with Crippen LogP contribution in [0, 0.1) is 11.7 Å². The summed E-state index contributed by atoms with van der Waals surface area (Å²) in [6.45, 7) is 2.08. The van der Waals surface area contributed by atoms with E-state index in [1.165, 1.54) is 6.07 Å². The molecule has 2 aliphatic rings. The first kappa shape index (κ1) is 20.8. The molecule has 2 aromatic rings. The van der Waals surface area contributed by atoms with E-state index in [-0.39, 0.29) is 23.3 Å². The van der Waals surface area contributed by atoms with Gasteiger partial charge in [-0.25, -0.2) is 9.37 Å². The molecule has 1 aromatic carbocycles. The number of hydrogen-bond donors (Lipinski definition) is 2. The minimum absolute atomic E-state index is 0.166. The average Bonchev–Trinajstić information content (AvgIpc) is 3.07. The molecule has 3 N–H and O–H groups in total. The maximum atomic E-state index is 13.6. The number of phenols is 1. The summed E-state index contributed by atoms with van der Waals surface area (Å²) in [5.41, 5.74) is 5.88. The zero-order valence-electron chi connectivity index (χ0n) is 17.0. The second-order valence-electron chi connectivity index (χ2n) is 7.94. The number of aromatic hydroxyl groups is 1. The molecule has 1 saturated heterocycles. The van der Waals surface area contributed by atoms with Crippen LogP contribution in [0.3, 0.4) is 0 Å². The maximum Gasteiger partial charge on any atom is 0.274 e. The van der Waals surface area contributed by atoms with Crippen LogP contribution >= 0.6 is 0 Å². The number of primary amides is 1. The summed E-state index contributed by atoms with van der Waals surface area (Å²) in [6.07, 6.45) is 3.54. The quantitative estimate of drug-likeness (QED) is 0.746. The SMILES string of the molecule is NC(=O)C1CCCN(C(=O)c2cn3c(n2)CCN(C(=O)c2ccc(O)c(F)c2)CC3)C1. The summed E-state index contributed by atoms with van der Waals surface area (Å²) in [5.74, 6) is -1.92. The third-order valence-corrected chi connectivity index (χ3v) is 5.89. The van der Waals surface area contributed by atoms with Crippen LogP contribution in [-0.2, 0) is 17.8 Å². The molecule has 2 aliphatic heterocycles. The second kappa shape index (κ2) is 8.37. The van der Waals surface area contributed by atoms with Crippen LogP contribution in [0.2, 0.25) is 0 Å². The highest BCUT2D eigenvalue weighted by atomic mass is 19.1. The van der Waals surface area contributed by atoms with Crippen LogP contribution in [0.25, 0.3) is 0 Å². The van der Waals surface area contributed by atoms with Gasteiger partial charge in [0, 0.05) is 50.9 Å². The van der Waals surface area contributed by atoms with Crippen molar-refractivity contribution in [2.75, 3.05) is 26.2 Å². The fourth-order valence-corrected chi connectivity index (χ4v) is 4.11. The third-order valence-electron chi connectivity index (χ3n) is 5.89. The maximum absolute atomic E-state index is 13.6. The van der Waals surface area contributed by atoms with Gasteiger partial charge in [0.15, 0.2) is 11.6 Å². The van der Waals surface area contributed by atoms with E-state index in [9.17, 15) is 23.9 Å². The van der Waals surface area contributed by atoms with Gasteiger partial charge in [0.05, 0.1) is 5.92 Å². The van der Waals surface area contributed by atoms with Crippen LogP contribution in [0.5, 0.6) is 5.75 Å². The predicted molar refractivity (Wildman–Crippen MR) is 108 cm³/mol. The molecule has 3 heterocycles. The van der Waals surface area contributed by atoms with Gasteiger partial charge in [-0.1, -0.05) is 0 Å². The Labute approximate surface area is 178 Å². The molecule has 4 rings (SSSR count). The zero-order chi connectivity index (χ0) is 22.1. The first-order valence-corrected chi connectivity index (χ1v) is 10.3. The molecule has 0 bridgehead atoms. The number of aromatic nitrogens is 2. The van der Waals surface area contributed by atoms with Gasteiger partial charge >= 0.3 is 0 Å². The predicted octanol–water partition coefficient (Wildman–Crippen LogP) is 0.764. The number of nitrogens with two attached hydrogens (primary N) is 1. The molecule has 1 fully saturated rings. The number of halogens is 1. The van der Waals surface area contributed by atoms with Gasteiger partial charge in [-0.15, -0.1) is 0 Å². The number of carbonyl (C=O) groups excluding carboxylic acids is 3. The van der Waals surface area contributed by atoms with Gasteiger partial charge < -0.3 is 25.2 Å². The number of fused-ring (bicyclic) bond motifs is 1. The fourth-order valence-electron chi connectivity index (χ4n) is 4.11. The van der Waals surface area contributed by atoms with E-state index in [0.717, 1.165) is 18.6 Å². The average molecular weight is 429 g/mol. The number of carbonyl (C=O) groups is 3. The van der Waals surface area contributed by atoms with Crippen molar-refractivity contribution in [1.82, 2.24) is 19.4 Å². The molecular weight excluding hydrogens is 405 g/mol. The van der Waals surface area contributed by atoms with E-state index in [0.29, 0.717) is 57.1 Å². The van der Waals surface area contributed by atoms with Crippen LogP contribution < -0.4 is 5.73 Å². The van der Waals surface area contributed by atoms with Crippen LogP contribution in [0.15, 0.2) is 24.4 Å². The minimum Gasteiger partial charge on any atom is -0.505 e. The van der Waals surface area contributed by atoms with Gasteiger partial charge in [-0.2, -0.15) is 0 Å². The van der Waals surface area contributed by atoms with E-state index in [2.05, 4.69) is 4.98 Å². The van der Waals surface area contributed by atoms with E-state index >= 15 is 0 Å². The Kier molecular flexibility index (Phi) is 5.62. The first-order valence-electron chi connectivity index (χ1n) is 10.3. The Hall–Kier alpha value is -3.43. The van der Waals surface area contributed by atoms with Gasteiger partial charge in [-0.3, -0.25) is 14.4 Å². The zero-order valence-corrected chi connectivity index (χ0v) is 17.0. The fraction of sp³-hybridized carbons (Fsp3) is 0.429. The lowest BCUT2D eigenvalue weighted by Gasteiger charge is -2.30. The van der Waals surface area contributed by atoms with Crippen molar-refractivity contribution in [2.45, 2.75) is 25.8 Å². The smallest absolute Gasteiger partial charge is 0.274 e. The lowest BCUT2D eigenvalue weighted by molar-refractivity contribution is -0.123. The minimum atomic E-state index is -0.840. The number of nitrogens with zero attached hydrogens (tertiary/aromatic N) is 4. The summed E-state index contributed by atoms with van der Waals surface area (Å²) in [5, 5.41) is 9.31. The van der Waals surface area contributed by atoms with Gasteiger partial charge in [0.25, 0.3) is 11.8 Å². The number of imidazole rings is 1. The van der Waals surface area contributed by atoms with Crippen molar-refractivity contribution in [2.24, 2.45) is 11.7 Å². The van der Waals surface area contributed by atoms with Crippen LogP contribution in [0.1, 0.15) is 39.5 Å². The lowest BCUT2D eigenvalue weighted by Crippen LogP contribution is -2.44. The highest BCUT2D eigenvalue weighted by Gasteiger charge is 2.30. The molecule has 0 aliphatic carbocycles. The Morgan fingerprint density at radius 1 is 1.10 bits per heavy atom. The first-order chi connectivity index (χ1) is 14.8. The molecule has 9 nitrogen and oxygen atoms in total. The molecule has 1 atom stereocenters. The summed E-state index contributed by atoms with van der Waals surface area (Å²) < 4.78 is 15.5. The monoisotopic (exact) mass is 429 g/mol. The molecule has 10 heteroatoms. The number of phenolic OH excluding ortho intramolecular Hbond substituents is 1. The van der Waals surface area contributed by atoms with E-state index in [1.807, 2.05) is 4.57 Å². The van der Waals surface area contributed by atoms with Crippen molar-refractivity contribution in [3.05, 3.63) is 47.3 Å². The molecule has 0 saturated carbocycles. The van der Waals surface area contributed by atoms with E-state index in [1.54, 1.807) is 16.0 Å². The summed E-state index contributed by atoms with van der Waals surface area (Å²) in [6, 6.07) is 3.57. The topological polar surface area (TPSA) is 122 Å². The Bertz CT molecular complexity index is 1010. The summed E-state index contributed by atoms with van der Waals surface area (Å²) >= 11 is 0. The van der Waals surface area contributed by atoms with Crippen molar-refractivity contribution in [1.29, 1.82) is 0 Å². The Morgan fingerprint density at radius 2 is 1.90 bits per heavy atom. The lowest BCUT2D eigenvalue weighted by atomic mass is 9.97. The van der Waals surface area contributed by atoms with Gasteiger partial charge in [0.2, 0.25) is 5.91 Å². The van der Waals surface area contributed by atoms with Crippen molar-refractivity contribution in [3.63, 3.8) is 0 Å². The second-order valence-corrected chi connectivity index (χ2v) is 7.94. The number of benzene rings is 1. The molecule has 164 valence electrons. The van der Waals surface area contributed by atoms with Crippen LogP contribution in [0.4, 0.5) is 4.39 Å². The highest BCUT2D eigenvalue weighted by molar-refractivity contribution is 5.94. The van der Waals surface area contributed by atoms with E-state index < -0.39 is 17.5 Å². The Balaban J connectivity index is 1.43. The van der Waals surface area contributed by atoms with E-state index in [4.69, 9.17) is 5.73 Å². The number of piperidine rings is 1. The summed E-state index contributed by atoms with van der Waals surface area (Å²) in [4.78, 5) is 44.7. The summed E-state index contributed by atoms with van der Waals surface area (Å²) in [7, 11) is 0. The normalized spacial score (nSPS) is 18.9. The molecule has 0 radical (unpaired) electrons. The number of hydrogen-bond acceptors (Lipinski definition) is 5. The highest BCUT2D eigenvalue weighted by Crippen LogP contribution is 2.21. The molecule has 31 heavy (non-hydrogen) atoms. The van der Waals surface area contributed by atoms with Gasteiger partial charge in [-0.05, 0) is 31.0 Å². The largest absolute Gasteiger partial charge is 0.505 e. The van der Waals surface area contributed by atoms with Crippen molar-refractivity contribution >= 4 is 17.7 Å². The Morgan fingerprint density at radius 3 is 2.65 bits per heavy atom. The number of rotatable bonds is 3. The molecular formula is C21H24FN5O4. The van der Waals surface area contributed by atoms with Crippen molar-refractivity contribution < 1.29 is 23.9 Å². The van der Waals surface area contributed by atoms with Gasteiger partial charge in [0.1, 0.15) is 11.5 Å². The third kappa shape index (κ3) is 4.23. The molecule has 1 unspecified atom stereocenters. The number of amides is 3. The van der Waals surface area contributed by atoms with Crippen molar-refractivity contribution in [3.8, 4) is 5.75 Å². The van der Waals surface area contributed by atoms with Crippen LogP contribution in [-0.4, -0.2) is 68.4 Å². The standard InChI is InChI=1S/C21H24FN5O4/c22-15-10-13(3-4-17(15)28)20(30)25-7-5-18-24-16(12-26(18)9-8-25)21(31)27-6-1-2-14(11-27)19(23)29/h3-4,10,12,14,28H,1-2,5-9,11H2,(H2,23,29). The molecule has 3 amide bonds. The molecule has 1 aromatic heterocycles.